The smallest absolute Gasteiger partial charge is 0.119 e. The molecule has 2 nitrogen and oxygen atoms in total. The second kappa shape index (κ2) is 6.95. The quantitative estimate of drug-likeness (QED) is 0.853. The molecule has 2 heteroatoms. The van der Waals surface area contributed by atoms with Crippen LogP contribution in [0.15, 0.2) is 54.6 Å². The van der Waals surface area contributed by atoms with E-state index in [1.807, 2.05) is 42.5 Å². The fraction of sp³-hybridized carbons (Fsp3) is 0.294. The maximum absolute atomic E-state index is 10.2. The molecule has 0 radical (unpaired) electrons. The number of aryl methyl sites for hydroxylation is 1. The van der Waals surface area contributed by atoms with Crippen molar-refractivity contribution >= 4 is 0 Å². The minimum absolute atomic E-state index is 0.418. The van der Waals surface area contributed by atoms with E-state index in [0.29, 0.717) is 0 Å². The van der Waals surface area contributed by atoms with Crippen molar-refractivity contribution < 1.29 is 9.84 Å². The molecule has 0 spiro atoms. The molecule has 0 bridgehead atoms. The fourth-order valence-corrected chi connectivity index (χ4v) is 2.16. The van der Waals surface area contributed by atoms with Gasteiger partial charge in [-0.3, -0.25) is 0 Å². The van der Waals surface area contributed by atoms with Gasteiger partial charge < -0.3 is 9.84 Å². The second-order valence-electron chi connectivity index (χ2n) is 4.67. The average molecular weight is 256 g/mol. The lowest BCUT2D eigenvalue weighted by Gasteiger charge is -2.12. The average Bonchev–Trinajstić information content (AvgIpc) is 2.48. The van der Waals surface area contributed by atoms with Crippen LogP contribution in [0.4, 0.5) is 0 Å². The van der Waals surface area contributed by atoms with Gasteiger partial charge in [-0.05, 0) is 42.5 Å². The molecule has 0 aliphatic heterocycles. The Morgan fingerprint density at radius 2 is 1.84 bits per heavy atom. The lowest BCUT2D eigenvalue weighted by atomic mass is 10.0. The third-order valence-electron chi connectivity index (χ3n) is 3.26. The SMILES string of the molecule is COc1cccc(C(O)CCCc2ccccc2)c1. The Morgan fingerprint density at radius 1 is 1.05 bits per heavy atom. The number of hydrogen-bond donors (Lipinski definition) is 1. The summed E-state index contributed by atoms with van der Waals surface area (Å²) in [4.78, 5) is 0. The molecule has 0 saturated carbocycles. The Kier molecular flexibility index (Phi) is 4.99. The largest absolute Gasteiger partial charge is 0.497 e. The van der Waals surface area contributed by atoms with E-state index in [1.165, 1.54) is 5.56 Å². The Hall–Kier alpha value is -1.80. The van der Waals surface area contributed by atoms with Gasteiger partial charge in [0.1, 0.15) is 5.75 Å². The van der Waals surface area contributed by atoms with Crippen molar-refractivity contribution in [3.63, 3.8) is 0 Å². The number of methoxy groups -OCH3 is 1. The third kappa shape index (κ3) is 4.11. The molecule has 2 rings (SSSR count). The standard InChI is InChI=1S/C17H20O2/c1-19-16-11-6-10-15(13-16)17(18)12-5-9-14-7-3-2-4-8-14/h2-4,6-8,10-11,13,17-18H,5,9,12H2,1H3. The zero-order chi connectivity index (χ0) is 13.5. The second-order valence-corrected chi connectivity index (χ2v) is 4.67. The van der Waals surface area contributed by atoms with Crippen LogP contribution in [0.3, 0.4) is 0 Å². The minimum atomic E-state index is -0.418. The third-order valence-corrected chi connectivity index (χ3v) is 3.26. The number of aliphatic hydroxyl groups excluding tert-OH is 1. The van der Waals surface area contributed by atoms with Crippen LogP contribution in [0.2, 0.25) is 0 Å². The summed E-state index contributed by atoms with van der Waals surface area (Å²) in [6.45, 7) is 0. The first-order valence-corrected chi connectivity index (χ1v) is 6.65. The molecule has 0 aliphatic carbocycles. The highest BCUT2D eigenvalue weighted by atomic mass is 16.5. The summed E-state index contributed by atoms with van der Waals surface area (Å²) in [6.07, 6.45) is 2.32. The van der Waals surface area contributed by atoms with Gasteiger partial charge >= 0.3 is 0 Å². The van der Waals surface area contributed by atoms with Crippen molar-refractivity contribution in [1.82, 2.24) is 0 Å². The van der Waals surface area contributed by atoms with E-state index in [1.54, 1.807) is 7.11 Å². The number of aliphatic hydroxyl groups is 1. The molecule has 19 heavy (non-hydrogen) atoms. The molecular weight excluding hydrogens is 236 g/mol. The summed E-state index contributed by atoms with van der Waals surface area (Å²) in [5.74, 6) is 0.791. The first-order chi connectivity index (χ1) is 9.29. The first-order valence-electron chi connectivity index (χ1n) is 6.65. The topological polar surface area (TPSA) is 29.5 Å². The molecule has 0 fully saturated rings. The minimum Gasteiger partial charge on any atom is -0.497 e. The van der Waals surface area contributed by atoms with Gasteiger partial charge in [-0.1, -0.05) is 42.5 Å². The van der Waals surface area contributed by atoms with Crippen LogP contribution in [0.25, 0.3) is 0 Å². The molecule has 2 aromatic carbocycles. The van der Waals surface area contributed by atoms with Crippen molar-refractivity contribution in [2.24, 2.45) is 0 Å². The summed E-state index contributed by atoms with van der Waals surface area (Å²) < 4.78 is 5.17. The summed E-state index contributed by atoms with van der Waals surface area (Å²) in [6, 6.07) is 18.0. The molecule has 0 saturated heterocycles. The fourth-order valence-electron chi connectivity index (χ4n) is 2.16. The van der Waals surface area contributed by atoms with Crippen LogP contribution in [-0.4, -0.2) is 12.2 Å². The van der Waals surface area contributed by atoms with Gasteiger partial charge in [0.2, 0.25) is 0 Å². The van der Waals surface area contributed by atoms with Crippen molar-refractivity contribution in [2.75, 3.05) is 7.11 Å². The molecular formula is C17H20O2. The molecule has 100 valence electrons. The van der Waals surface area contributed by atoms with E-state index in [2.05, 4.69) is 12.1 Å². The van der Waals surface area contributed by atoms with E-state index in [-0.39, 0.29) is 0 Å². The summed E-state index contributed by atoms with van der Waals surface area (Å²) in [5, 5.41) is 10.2. The molecule has 1 atom stereocenters. The lowest BCUT2D eigenvalue weighted by Crippen LogP contribution is -1.99. The van der Waals surface area contributed by atoms with Gasteiger partial charge in [0.25, 0.3) is 0 Å². The van der Waals surface area contributed by atoms with Gasteiger partial charge in [-0.2, -0.15) is 0 Å². The van der Waals surface area contributed by atoms with Crippen LogP contribution in [-0.2, 0) is 6.42 Å². The molecule has 1 unspecified atom stereocenters. The Labute approximate surface area is 114 Å². The van der Waals surface area contributed by atoms with Crippen LogP contribution in [0, 0.1) is 0 Å². The van der Waals surface area contributed by atoms with Gasteiger partial charge in [0.15, 0.2) is 0 Å². The van der Waals surface area contributed by atoms with Gasteiger partial charge in [-0.15, -0.1) is 0 Å². The number of ether oxygens (including phenoxy) is 1. The van der Waals surface area contributed by atoms with Crippen molar-refractivity contribution in [3.8, 4) is 5.75 Å². The van der Waals surface area contributed by atoms with Crippen molar-refractivity contribution in [3.05, 3.63) is 65.7 Å². The van der Waals surface area contributed by atoms with Gasteiger partial charge in [0.05, 0.1) is 13.2 Å². The highest BCUT2D eigenvalue weighted by Gasteiger charge is 2.08. The summed E-state index contributed by atoms with van der Waals surface area (Å²) >= 11 is 0. The Balaban J connectivity index is 1.85. The maximum Gasteiger partial charge on any atom is 0.119 e. The predicted molar refractivity (Wildman–Crippen MR) is 77.3 cm³/mol. The summed E-state index contributed by atoms with van der Waals surface area (Å²) in [7, 11) is 1.64. The Morgan fingerprint density at radius 3 is 2.58 bits per heavy atom. The zero-order valence-electron chi connectivity index (χ0n) is 11.3. The zero-order valence-corrected chi connectivity index (χ0v) is 11.3. The highest BCUT2D eigenvalue weighted by molar-refractivity contribution is 5.29. The van der Waals surface area contributed by atoms with Crippen LogP contribution in [0.1, 0.15) is 30.1 Å². The van der Waals surface area contributed by atoms with E-state index < -0.39 is 6.10 Å². The number of rotatable bonds is 6. The van der Waals surface area contributed by atoms with E-state index in [9.17, 15) is 5.11 Å². The van der Waals surface area contributed by atoms with Crippen molar-refractivity contribution in [1.29, 1.82) is 0 Å². The molecule has 1 N–H and O–H groups in total. The first kappa shape index (κ1) is 13.6. The van der Waals surface area contributed by atoms with Crippen LogP contribution in [0.5, 0.6) is 5.75 Å². The normalized spacial score (nSPS) is 12.1. The predicted octanol–water partition coefficient (Wildman–Crippen LogP) is 3.75. The molecule has 2 aromatic rings. The highest BCUT2D eigenvalue weighted by Crippen LogP contribution is 2.23. The molecule has 0 amide bonds. The van der Waals surface area contributed by atoms with Crippen LogP contribution < -0.4 is 4.74 Å². The van der Waals surface area contributed by atoms with Gasteiger partial charge in [0, 0.05) is 0 Å². The van der Waals surface area contributed by atoms with E-state index in [0.717, 1.165) is 30.6 Å². The molecule has 0 aromatic heterocycles. The number of benzene rings is 2. The van der Waals surface area contributed by atoms with Crippen LogP contribution >= 0.6 is 0 Å². The van der Waals surface area contributed by atoms with E-state index in [4.69, 9.17) is 4.74 Å². The molecule has 0 heterocycles. The Bertz CT molecular complexity index is 494. The summed E-state index contributed by atoms with van der Waals surface area (Å²) in [5.41, 5.74) is 2.24. The monoisotopic (exact) mass is 256 g/mol. The lowest BCUT2D eigenvalue weighted by molar-refractivity contribution is 0.164. The number of hydrogen-bond acceptors (Lipinski definition) is 2. The van der Waals surface area contributed by atoms with E-state index >= 15 is 0 Å². The van der Waals surface area contributed by atoms with Gasteiger partial charge in [-0.25, -0.2) is 0 Å². The molecule has 0 aliphatic rings. The van der Waals surface area contributed by atoms with Crippen molar-refractivity contribution in [2.45, 2.75) is 25.4 Å². The maximum atomic E-state index is 10.2.